The Morgan fingerprint density at radius 3 is 2.51 bits per heavy atom. The van der Waals surface area contributed by atoms with Gasteiger partial charge in [-0.1, -0.05) is 6.92 Å². The minimum absolute atomic E-state index is 0.0326. The number of amides is 3. The van der Waals surface area contributed by atoms with E-state index in [-0.39, 0.29) is 47.6 Å². The molecule has 0 saturated carbocycles. The minimum atomic E-state index is -3.91. The number of fused-ring (bicyclic) bond motifs is 1. The van der Waals surface area contributed by atoms with Crippen LogP contribution < -0.4 is 15.4 Å². The molecule has 3 N–H and O–H groups in total. The number of hydrogen-bond acceptors (Lipinski definition) is 7. The fourth-order valence-electron chi connectivity index (χ4n) is 4.38. The first kappa shape index (κ1) is 30.0. The number of carbonyl (C=O) groups excluding carboxylic acids is 2. The number of aryl methyl sites for hydroxylation is 1. The van der Waals surface area contributed by atoms with E-state index in [1.165, 1.54) is 65.4 Å². The molecule has 3 aromatic rings. The third kappa shape index (κ3) is 6.84. The fraction of sp³-hybridized carbons (Fsp3) is 0.370. The Morgan fingerprint density at radius 1 is 1.22 bits per heavy atom. The van der Waals surface area contributed by atoms with E-state index < -0.39 is 39.9 Å². The minimum Gasteiger partial charge on any atom is -0.488 e. The van der Waals surface area contributed by atoms with Gasteiger partial charge in [0.25, 0.3) is 15.9 Å². The van der Waals surface area contributed by atoms with Gasteiger partial charge in [0.1, 0.15) is 17.7 Å². The Balaban J connectivity index is 1.61. The molecule has 0 fully saturated rings. The molecule has 0 bridgehead atoms. The standard InChI is InChI=1S/C27H33FN6O6S/c1-17-12-34(18(2)15-35)26(36)22-11-21(31-27(37)30-20-7-5-19(28)6-8-20)9-10-23(22)40-24(17)13-33(4)41(38,39)25-14-32(3)16-29-25/h5-11,14,16-18,24,35H,12-13,15H2,1-4H3,(H2,30,31,37)/t17-,18+,24-/m0/s1. The first-order valence-corrected chi connectivity index (χ1v) is 14.3. The zero-order valence-corrected chi connectivity index (χ0v) is 23.9. The second-order valence-corrected chi connectivity index (χ2v) is 12.1. The van der Waals surface area contributed by atoms with Crippen LogP contribution in [0.4, 0.5) is 20.6 Å². The summed E-state index contributed by atoms with van der Waals surface area (Å²) in [4.78, 5) is 31.6. The molecule has 12 nitrogen and oxygen atoms in total. The number of imidazole rings is 1. The van der Waals surface area contributed by atoms with E-state index in [1.807, 2.05) is 6.92 Å². The van der Waals surface area contributed by atoms with E-state index in [9.17, 15) is 27.5 Å². The first-order chi connectivity index (χ1) is 19.4. The largest absolute Gasteiger partial charge is 0.488 e. The topological polar surface area (TPSA) is 146 Å². The van der Waals surface area contributed by atoms with Gasteiger partial charge in [0.05, 0.1) is 31.1 Å². The number of nitrogens with zero attached hydrogens (tertiary/aromatic N) is 4. The van der Waals surface area contributed by atoms with Crippen LogP contribution in [0.1, 0.15) is 24.2 Å². The van der Waals surface area contributed by atoms with Crippen LogP contribution >= 0.6 is 0 Å². The van der Waals surface area contributed by atoms with Gasteiger partial charge in [0.2, 0.25) is 0 Å². The summed E-state index contributed by atoms with van der Waals surface area (Å²) in [5.74, 6) is -0.966. The van der Waals surface area contributed by atoms with Crippen molar-refractivity contribution in [2.75, 3.05) is 37.4 Å². The van der Waals surface area contributed by atoms with Gasteiger partial charge in [0, 0.05) is 44.1 Å². The number of benzene rings is 2. The predicted octanol–water partition coefficient (Wildman–Crippen LogP) is 2.74. The molecule has 1 aliphatic rings. The number of carbonyl (C=O) groups is 2. The Labute approximate surface area is 237 Å². The smallest absolute Gasteiger partial charge is 0.323 e. The number of halogens is 1. The van der Waals surface area contributed by atoms with E-state index in [2.05, 4.69) is 15.6 Å². The van der Waals surface area contributed by atoms with Crippen LogP contribution in [0.15, 0.2) is 60.0 Å². The molecule has 2 aromatic carbocycles. The lowest BCUT2D eigenvalue weighted by molar-refractivity contribution is 0.0387. The molecule has 0 aliphatic carbocycles. The van der Waals surface area contributed by atoms with Crippen LogP contribution in [-0.4, -0.2) is 83.1 Å². The summed E-state index contributed by atoms with van der Waals surface area (Å²) < 4.78 is 48.4. The number of rotatable bonds is 8. The van der Waals surface area contributed by atoms with Crippen LogP contribution in [-0.2, 0) is 17.1 Å². The van der Waals surface area contributed by atoms with Crippen LogP contribution in [0, 0.1) is 11.7 Å². The molecule has 3 amide bonds. The number of aliphatic hydroxyl groups is 1. The molecule has 41 heavy (non-hydrogen) atoms. The summed E-state index contributed by atoms with van der Waals surface area (Å²) in [6.45, 7) is 3.42. The fourth-order valence-corrected chi connectivity index (χ4v) is 5.52. The van der Waals surface area contributed by atoms with E-state index in [4.69, 9.17) is 4.74 Å². The zero-order valence-electron chi connectivity index (χ0n) is 23.1. The average Bonchev–Trinajstić information content (AvgIpc) is 3.38. The predicted molar refractivity (Wildman–Crippen MR) is 150 cm³/mol. The van der Waals surface area contributed by atoms with Gasteiger partial charge in [-0.3, -0.25) is 4.79 Å². The Morgan fingerprint density at radius 2 is 1.88 bits per heavy atom. The molecule has 0 unspecified atom stereocenters. The summed E-state index contributed by atoms with van der Waals surface area (Å²) >= 11 is 0. The Kier molecular flexibility index (Phi) is 8.95. The summed E-state index contributed by atoms with van der Waals surface area (Å²) in [6.07, 6.45) is 2.14. The second-order valence-electron chi connectivity index (χ2n) is 10.1. The summed E-state index contributed by atoms with van der Waals surface area (Å²) in [5.41, 5.74) is 0.799. The number of urea groups is 1. The van der Waals surface area contributed by atoms with Crippen LogP contribution in [0.5, 0.6) is 5.75 Å². The third-order valence-electron chi connectivity index (χ3n) is 6.82. The van der Waals surface area contributed by atoms with Crippen molar-refractivity contribution in [1.29, 1.82) is 0 Å². The maximum absolute atomic E-state index is 13.6. The lowest BCUT2D eigenvalue weighted by Gasteiger charge is -2.38. The summed E-state index contributed by atoms with van der Waals surface area (Å²) in [6, 6.07) is 8.64. The highest BCUT2D eigenvalue weighted by Crippen LogP contribution is 2.31. The van der Waals surface area contributed by atoms with Gasteiger partial charge >= 0.3 is 6.03 Å². The highest BCUT2D eigenvalue weighted by molar-refractivity contribution is 7.89. The van der Waals surface area contributed by atoms with Crippen LogP contribution in [0.2, 0.25) is 0 Å². The molecule has 1 aromatic heterocycles. The molecule has 0 saturated heterocycles. The molecule has 4 rings (SSSR count). The lowest BCUT2D eigenvalue weighted by atomic mass is 9.99. The molecular formula is C27H33FN6O6S. The maximum Gasteiger partial charge on any atom is 0.323 e. The van der Waals surface area contributed by atoms with Crippen molar-refractivity contribution in [3.05, 3.63) is 66.4 Å². The number of nitrogens with one attached hydrogen (secondary N) is 2. The molecule has 14 heteroatoms. The van der Waals surface area contributed by atoms with Crippen molar-refractivity contribution < 1.29 is 32.2 Å². The molecule has 2 heterocycles. The average molecular weight is 589 g/mol. The lowest BCUT2D eigenvalue weighted by Crippen LogP contribution is -2.50. The van der Waals surface area contributed by atoms with Gasteiger partial charge in [-0.05, 0) is 49.4 Å². The molecule has 0 spiro atoms. The number of aromatic nitrogens is 2. The molecular weight excluding hydrogens is 555 g/mol. The molecule has 1 aliphatic heterocycles. The summed E-state index contributed by atoms with van der Waals surface area (Å²) in [7, 11) is -0.798. The van der Waals surface area contributed by atoms with Crippen molar-refractivity contribution in [3.8, 4) is 5.75 Å². The van der Waals surface area contributed by atoms with Crippen LogP contribution in [0.3, 0.4) is 0 Å². The van der Waals surface area contributed by atoms with E-state index >= 15 is 0 Å². The highest BCUT2D eigenvalue weighted by atomic mass is 32.2. The summed E-state index contributed by atoms with van der Waals surface area (Å²) in [5, 5.41) is 15.0. The quantitative estimate of drug-likeness (QED) is 0.367. The SMILES string of the molecule is C[C@H](CO)N1C[C@H](C)[C@H](CN(C)S(=O)(=O)c2cn(C)cn2)Oc2ccc(NC(=O)Nc3ccc(F)cc3)cc2C1=O. The van der Waals surface area contributed by atoms with Crippen LogP contribution in [0.25, 0.3) is 0 Å². The Bertz CT molecular complexity index is 1510. The molecule has 220 valence electrons. The zero-order chi connectivity index (χ0) is 29.9. The third-order valence-corrected chi connectivity index (χ3v) is 8.53. The highest BCUT2D eigenvalue weighted by Gasteiger charge is 2.35. The van der Waals surface area contributed by atoms with Crippen molar-refractivity contribution in [3.63, 3.8) is 0 Å². The van der Waals surface area contributed by atoms with Gasteiger partial charge in [-0.25, -0.2) is 22.6 Å². The second kappa shape index (κ2) is 12.2. The van der Waals surface area contributed by atoms with E-state index in [0.717, 1.165) is 4.31 Å². The number of anilines is 2. The number of likely N-dealkylation sites (N-methyl/N-ethyl adjacent to an activating group) is 1. The number of aliphatic hydroxyl groups excluding tert-OH is 1. The van der Waals surface area contributed by atoms with E-state index in [0.29, 0.717) is 5.69 Å². The number of sulfonamides is 1. The first-order valence-electron chi connectivity index (χ1n) is 12.9. The van der Waals surface area contributed by atoms with E-state index in [1.54, 1.807) is 20.0 Å². The van der Waals surface area contributed by atoms with Gasteiger partial charge in [-0.15, -0.1) is 0 Å². The normalized spacial score (nSPS) is 18.2. The van der Waals surface area contributed by atoms with Gasteiger partial charge in [0.15, 0.2) is 5.03 Å². The monoisotopic (exact) mass is 588 g/mol. The van der Waals surface area contributed by atoms with Crippen molar-refractivity contribution >= 4 is 33.3 Å². The van der Waals surface area contributed by atoms with Gasteiger partial charge in [-0.2, -0.15) is 4.31 Å². The van der Waals surface area contributed by atoms with Gasteiger partial charge < -0.3 is 29.9 Å². The van der Waals surface area contributed by atoms with Crippen molar-refractivity contribution in [1.82, 2.24) is 18.8 Å². The van der Waals surface area contributed by atoms with Crippen molar-refractivity contribution in [2.24, 2.45) is 13.0 Å². The molecule has 0 radical (unpaired) electrons. The van der Waals surface area contributed by atoms with Crippen molar-refractivity contribution in [2.45, 2.75) is 31.0 Å². The Hall–Kier alpha value is -4.01. The maximum atomic E-state index is 13.6. The number of ether oxygens (including phenoxy) is 1. The number of hydrogen-bond donors (Lipinski definition) is 3. The molecule has 3 atom stereocenters.